The van der Waals surface area contributed by atoms with E-state index < -0.39 is 11.3 Å². The van der Waals surface area contributed by atoms with Crippen molar-refractivity contribution in [3.63, 3.8) is 0 Å². The van der Waals surface area contributed by atoms with Crippen molar-refractivity contribution < 1.29 is 22.4 Å². The predicted octanol–water partition coefficient (Wildman–Crippen LogP) is 5.39. The van der Waals surface area contributed by atoms with Crippen molar-refractivity contribution in [1.29, 1.82) is 0 Å². The summed E-state index contributed by atoms with van der Waals surface area (Å²) in [7, 11) is 1.55. The SMILES string of the molecule is CCCCCCN(Cc1nc2oc(-c3ccc(F)cc3)c(C(=O)NC)c2cc1C1CC1)S(=O)O. The Bertz CT molecular complexity index is 1190. The lowest BCUT2D eigenvalue weighted by Crippen LogP contribution is -2.27. The normalized spacial score (nSPS) is 14.6. The summed E-state index contributed by atoms with van der Waals surface area (Å²) in [6.07, 6.45) is 6.03. The number of nitrogens with zero attached hydrogens (tertiary/aromatic N) is 2. The van der Waals surface area contributed by atoms with E-state index in [1.165, 1.54) is 16.4 Å². The molecule has 0 saturated heterocycles. The maximum Gasteiger partial charge on any atom is 0.255 e. The fraction of sp³-hybridized carbons (Fsp3) is 0.440. The Labute approximate surface area is 201 Å². The summed E-state index contributed by atoms with van der Waals surface area (Å²) in [6, 6.07) is 7.70. The van der Waals surface area contributed by atoms with E-state index in [0.29, 0.717) is 40.4 Å². The first kappa shape index (κ1) is 24.5. The molecule has 1 aromatic carbocycles. The molecule has 2 aromatic heterocycles. The Morgan fingerprint density at radius 3 is 2.62 bits per heavy atom. The van der Waals surface area contributed by atoms with Crippen molar-refractivity contribution in [2.75, 3.05) is 13.6 Å². The lowest BCUT2D eigenvalue weighted by molar-refractivity contribution is 0.0964. The van der Waals surface area contributed by atoms with Gasteiger partial charge in [-0.1, -0.05) is 26.2 Å². The fourth-order valence-corrected chi connectivity index (χ4v) is 4.72. The molecule has 1 atom stereocenters. The number of pyridine rings is 1. The summed E-state index contributed by atoms with van der Waals surface area (Å²) in [6.45, 7) is 2.84. The minimum absolute atomic E-state index is 0.221. The minimum Gasteiger partial charge on any atom is -0.437 e. The standard InChI is InChI=1S/C25H30FN3O4S/c1-3-4-5-6-13-29(34(31)32)15-21-19(16-7-8-16)14-20-22(24(30)27-2)23(33-25(20)28-21)17-9-11-18(26)12-10-17/h9-12,14,16H,3-8,13,15H2,1-2H3,(H,27,30)(H,31,32). The number of unbranched alkanes of at least 4 members (excludes halogenated alkanes) is 3. The number of halogens is 1. The number of nitrogens with one attached hydrogen (secondary N) is 1. The second kappa shape index (κ2) is 10.8. The van der Waals surface area contributed by atoms with E-state index in [1.54, 1.807) is 19.2 Å². The van der Waals surface area contributed by atoms with Gasteiger partial charge in [-0.25, -0.2) is 13.6 Å². The van der Waals surface area contributed by atoms with Crippen molar-refractivity contribution in [3.8, 4) is 11.3 Å². The highest BCUT2D eigenvalue weighted by Gasteiger charge is 2.31. The third kappa shape index (κ3) is 5.37. The molecule has 3 aromatic rings. The first-order valence-electron chi connectivity index (χ1n) is 11.7. The van der Waals surface area contributed by atoms with Crippen molar-refractivity contribution in [2.45, 2.75) is 57.9 Å². The van der Waals surface area contributed by atoms with E-state index in [1.807, 2.05) is 6.07 Å². The number of amides is 1. The monoisotopic (exact) mass is 487 g/mol. The number of hydrogen-bond donors (Lipinski definition) is 2. The number of fused-ring (bicyclic) bond motifs is 1. The van der Waals surface area contributed by atoms with Crippen LogP contribution in [0.25, 0.3) is 22.4 Å². The lowest BCUT2D eigenvalue weighted by atomic mass is 10.0. The first-order valence-corrected chi connectivity index (χ1v) is 12.8. The lowest BCUT2D eigenvalue weighted by Gasteiger charge is -2.19. The van der Waals surface area contributed by atoms with Crippen molar-refractivity contribution in [2.24, 2.45) is 0 Å². The first-order chi connectivity index (χ1) is 16.4. The van der Waals surface area contributed by atoms with Gasteiger partial charge in [0.25, 0.3) is 5.91 Å². The van der Waals surface area contributed by atoms with Crippen LogP contribution >= 0.6 is 0 Å². The molecule has 1 amide bonds. The number of rotatable bonds is 11. The Balaban J connectivity index is 1.76. The van der Waals surface area contributed by atoms with Gasteiger partial charge < -0.3 is 9.73 Å². The average molecular weight is 488 g/mol. The zero-order valence-corrected chi connectivity index (χ0v) is 20.3. The number of furan rings is 1. The molecule has 0 radical (unpaired) electrons. The average Bonchev–Trinajstić information content (AvgIpc) is 3.61. The highest BCUT2D eigenvalue weighted by molar-refractivity contribution is 7.76. The van der Waals surface area contributed by atoms with Gasteiger partial charge in [0.1, 0.15) is 11.6 Å². The Hall–Kier alpha value is -2.62. The summed E-state index contributed by atoms with van der Waals surface area (Å²) in [5, 5.41) is 3.25. The third-order valence-electron chi connectivity index (χ3n) is 6.18. The summed E-state index contributed by atoms with van der Waals surface area (Å²) in [5.74, 6) is -0.0669. The van der Waals surface area contributed by atoms with Crippen LogP contribution in [0.2, 0.25) is 0 Å². The van der Waals surface area contributed by atoms with E-state index in [-0.39, 0.29) is 24.0 Å². The van der Waals surface area contributed by atoms with Crippen LogP contribution in [0.15, 0.2) is 34.7 Å². The molecule has 1 unspecified atom stereocenters. The van der Waals surface area contributed by atoms with Gasteiger partial charge in [-0.15, -0.1) is 0 Å². The van der Waals surface area contributed by atoms with Gasteiger partial charge in [0.05, 0.1) is 23.2 Å². The highest BCUT2D eigenvalue weighted by atomic mass is 32.2. The Morgan fingerprint density at radius 1 is 1.26 bits per heavy atom. The summed E-state index contributed by atoms with van der Waals surface area (Å²) in [4.78, 5) is 17.6. The molecule has 34 heavy (non-hydrogen) atoms. The number of benzene rings is 1. The molecule has 7 nitrogen and oxygen atoms in total. The van der Waals surface area contributed by atoms with E-state index in [0.717, 1.165) is 44.1 Å². The van der Waals surface area contributed by atoms with Crippen LogP contribution in [0.4, 0.5) is 4.39 Å². The van der Waals surface area contributed by atoms with Crippen LogP contribution in [-0.2, 0) is 17.8 Å². The molecule has 1 fully saturated rings. The number of aromatic nitrogens is 1. The Morgan fingerprint density at radius 2 is 2.00 bits per heavy atom. The molecule has 0 aliphatic heterocycles. The third-order valence-corrected chi connectivity index (χ3v) is 6.93. The van der Waals surface area contributed by atoms with Crippen LogP contribution < -0.4 is 5.32 Å². The smallest absolute Gasteiger partial charge is 0.255 e. The van der Waals surface area contributed by atoms with E-state index in [4.69, 9.17) is 9.40 Å². The minimum atomic E-state index is -2.12. The molecule has 1 saturated carbocycles. The van der Waals surface area contributed by atoms with E-state index >= 15 is 0 Å². The summed E-state index contributed by atoms with van der Waals surface area (Å²) < 4.78 is 42.9. The molecule has 1 aliphatic rings. The van der Waals surface area contributed by atoms with Gasteiger partial charge in [0.15, 0.2) is 0 Å². The number of carbonyl (C=O) groups is 1. The molecular formula is C25H30FN3O4S. The Kier molecular flexibility index (Phi) is 7.75. The van der Waals surface area contributed by atoms with Crippen molar-refractivity contribution >= 4 is 28.3 Å². The zero-order chi connectivity index (χ0) is 24.2. The second-order valence-corrected chi connectivity index (χ2v) is 9.68. The molecule has 4 rings (SSSR count). The predicted molar refractivity (Wildman–Crippen MR) is 130 cm³/mol. The maximum absolute atomic E-state index is 13.5. The second-order valence-electron chi connectivity index (χ2n) is 8.70. The van der Waals surface area contributed by atoms with Gasteiger partial charge in [-0.3, -0.25) is 9.35 Å². The molecule has 0 spiro atoms. The summed E-state index contributed by atoms with van der Waals surface area (Å²) in [5.41, 5.74) is 2.88. The quantitative estimate of drug-likeness (QED) is 0.279. The van der Waals surface area contributed by atoms with Crippen molar-refractivity contribution in [3.05, 3.63) is 53.0 Å². The molecular weight excluding hydrogens is 457 g/mol. The highest BCUT2D eigenvalue weighted by Crippen LogP contribution is 2.44. The molecule has 9 heteroatoms. The maximum atomic E-state index is 13.5. The molecule has 2 N–H and O–H groups in total. The topological polar surface area (TPSA) is 95.7 Å². The van der Waals surface area contributed by atoms with Gasteiger partial charge in [-0.2, -0.15) is 4.31 Å². The molecule has 182 valence electrons. The van der Waals surface area contributed by atoms with Crippen molar-refractivity contribution in [1.82, 2.24) is 14.6 Å². The molecule has 1 aliphatic carbocycles. The van der Waals surface area contributed by atoms with Gasteiger partial charge in [0, 0.05) is 19.2 Å². The zero-order valence-electron chi connectivity index (χ0n) is 19.5. The summed E-state index contributed by atoms with van der Waals surface area (Å²) >= 11 is -2.12. The fourth-order valence-electron chi connectivity index (χ4n) is 4.20. The van der Waals surface area contributed by atoms with Crippen LogP contribution in [0.3, 0.4) is 0 Å². The van der Waals surface area contributed by atoms with E-state index in [9.17, 15) is 17.9 Å². The van der Waals surface area contributed by atoms with Crippen LogP contribution in [0.5, 0.6) is 0 Å². The van der Waals surface area contributed by atoms with Gasteiger partial charge in [-0.05, 0) is 61.1 Å². The molecule has 0 bridgehead atoms. The number of hydrogen-bond acceptors (Lipinski definition) is 4. The van der Waals surface area contributed by atoms with E-state index in [2.05, 4.69) is 12.2 Å². The number of carbonyl (C=O) groups excluding carboxylic acids is 1. The van der Waals surface area contributed by atoms with Gasteiger partial charge in [0.2, 0.25) is 17.0 Å². The van der Waals surface area contributed by atoms with Crippen LogP contribution in [0.1, 0.15) is 73.0 Å². The largest absolute Gasteiger partial charge is 0.437 e. The van der Waals surface area contributed by atoms with Crippen LogP contribution in [-0.4, -0.2) is 37.6 Å². The van der Waals surface area contributed by atoms with Crippen LogP contribution in [0, 0.1) is 5.82 Å². The molecule has 2 heterocycles. The van der Waals surface area contributed by atoms with Gasteiger partial charge >= 0.3 is 0 Å².